The average molecular weight is 1220 g/mol. The number of ether oxygens (including phenoxy) is 2. The van der Waals surface area contributed by atoms with Gasteiger partial charge in [0.2, 0.25) is 5.91 Å². The number of aliphatic hydroxyl groups is 1. The molecule has 80 heavy (non-hydrogen) atoms. The Bertz CT molecular complexity index is 1780. The van der Waals surface area contributed by atoms with Crippen LogP contribution in [0, 0.1) is 11.3 Å². The van der Waals surface area contributed by atoms with Crippen LogP contribution >= 0.6 is 22.4 Å². The maximum atomic E-state index is 14.7. The number of hydrogen-bond donors (Lipinski definition) is 2. The molecule has 2 aliphatic rings. The highest BCUT2D eigenvalue weighted by atomic mass is 32.3. The zero-order chi connectivity index (χ0) is 58.8. The van der Waals surface area contributed by atoms with Crippen LogP contribution in [0.25, 0.3) is 0 Å². The molecule has 1 amide bonds. The third-order valence-electron chi connectivity index (χ3n) is 16.1. The van der Waals surface area contributed by atoms with Crippen molar-refractivity contribution in [2.75, 3.05) is 50.4 Å². The Kier molecular flexibility index (Phi) is 43.0. The van der Waals surface area contributed by atoms with Crippen molar-refractivity contribution in [2.45, 2.75) is 321 Å². The highest BCUT2D eigenvalue weighted by Crippen LogP contribution is 2.61. The Balaban J connectivity index is 1.96. The molecule has 1 spiro atoms. The fourth-order valence-electron chi connectivity index (χ4n) is 11.2. The van der Waals surface area contributed by atoms with E-state index in [1.54, 1.807) is 11.8 Å². The van der Waals surface area contributed by atoms with Crippen molar-refractivity contribution >= 4 is 53.8 Å². The van der Waals surface area contributed by atoms with Gasteiger partial charge in [-0.3, -0.25) is 21.5 Å². The summed E-state index contributed by atoms with van der Waals surface area (Å²) in [6.07, 6.45) is 49.9. The minimum absolute atomic E-state index is 0.0367. The van der Waals surface area contributed by atoms with Crippen molar-refractivity contribution in [3.8, 4) is 0 Å². The van der Waals surface area contributed by atoms with Gasteiger partial charge in [0, 0.05) is 19.4 Å². The molecule has 14 nitrogen and oxygen atoms in total. The van der Waals surface area contributed by atoms with E-state index in [2.05, 4.69) is 19.2 Å². The normalized spacial score (nSPS) is 23.4. The molecule has 0 bridgehead atoms. The number of carbonyl (C=O) groups is 2. The van der Waals surface area contributed by atoms with Crippen LogP contribution in [0.5, 0.6) is 0 Å². The van der Waals surface area contributed by atoms with Gasteiger partial charge in [0.05, 0.1) is 49.5 Å². The van der Waals surface area contributed by atoms with E-state index in [-0.39, 0.29) is 13.2 Å². The second-order valence-corrected chi connectivity index (χ2v) is 31.0. The van der Waals surface area contributed by atoms with Gasteiger partial charge in [-0.05, 0) is 18.6 Å². The fraction of sp³-hybridized carbons (Fsp3) is 0.968. The summed E-state index contributed by atoms with van der Waals surface area (Å²) in [5.74, 6) is -1.24. The lowest BCUT2D eigenvalue weighted by molar-refractivity contribution is -0.122. The largest absolute Gasteiger partial charge is 0.435 e. The quantitative estimate of drug-likeness (QED) is 0.0332. The van der Waals surface area contributed by atoms with Crippen LogP contribution < -0.4 is 5.32 Å². The Morgan fingerprint density at radius 3 is 1.40 bits per heavy atom. The monoisotopic (exact) mass is 1220 g/mol. The van der Waals surface area contributed by atoms with Gasteiger partial charge >= 0.3 is 5.30 Å². The van der Waals surface area contributed by atoms with E-state index in [9.17, 15) is 31.5 Å². The average Bonchev–Trinajstić information content (AvgIpc) is 3.49. The van der Waals surface area contributed by atoms with E-state index in [1.165, 1.54) is 232 Å². The molecule has 0 aromatic rings. The van der Waals surface area contributed by atoms with Gasteiger partial charge in [-0.1, -0.05) is 282 Å². The number of nitrogens with one attached hydrogen (secondary N) is 1. The summed E-state index contributed by atoms with van der Waals surface area (Å²) in [6.45, 7) is 9.27. The molecule has 0 radical (unpaired) electrons. The SMILES string of the molecule is CCCCCCCCCCCCCCCCCCCCCCOC[C@]1(C)COS2(CC(OS(C)(=O)=O)C(NC(C)=O)C(C(C)[C@@H](CO)OS(C)(=O)=O)O2)C(=O)OC1SCCCCCCCCCCCCCCCCCCCCCC. The van der Waals surface area contributed by atoms with Crippen LogP contribution in [0.2, 0.25) is 0 Å². The maximum Gasteiger partial charge on any atom is 0.426 e. The summed E-state index contributed by atoms with van der Waals surface area (Å²) in [5, 5.41) is 12.2. The van der Waals surface area contributed by atoms with E-state index in [0.29, 0.717) is 6.61 Å². The summed E-state index contributed by atoms with van der Waals surface area (Å²) in [5.41, 5.74) is -1.53. The molecule has 6 unspecified atom stereocenters. The molecule has 0 aromatic carbocycles. The Morgan fingerprint density at radius 2 is 1.04 bits per heavy atom. The minimum Gasteiger partial charge on any atom is -0.435 e. The summed E-state index contributed by atoms with van der Waals surface area (Å²) >= 11 is 1.54. The Labute approximate surface area is 497 Å². The number of amides is 1. The molecule has 18 heteroatoms. The molecule has 476 valence electrons. The molecule has 2 heterocycles. The van der Waals surface area contributed by atoms with Crippen molar-refractivity contribution < 1.29 is 57.7 Å². The van der Waals surface area contributed by atoms with E-state index < -0.39 is 95.5 Å². The fourth-order valence-corrected chi connectivity index (χ4v) is 16.5. The number of carbonyl (C=O) groups excluding carboxylic acids is 2. The van der Waals surface area contributed by atoms with Crippen LogP contribution in [-0.2, 0) is 51.2 Å². The standard InChI is InChI=1S/C62H121NO13S4/c1-8-10-12-14-16-18-20-22-24-26-28-30-32-34-36-38-40-42-44-46-48-71-52-62(5)53-72-80(51-57(75-79(7,69)70)58(63-55(4)65)59(76-80)54(3)56(50-64)74-78(6,67)68)61(66)73-60(62)77-49-47-45-43-41-39-37-35-33-31-29-27-25-23-21-19-17-15-13-11-9-2/h54,56-60,64H,8-53H2,1-7H3,(H,63,65)/t54?,56-,57?,58?,59?,60?,62-/m1/s1. The third kappa shape index (κ3) is 35.7. The molecular formula is C62H121NO13S4. The summed E-state index contributed by atoms with van der Waals surface area (Å²) in [4.78, 5) is 27.3. The molecule has 8 atom stereocenters. The lowest BCUT2D eigenvalue weighted by Crippen LogP contribution is -2.62. The smallest absolute Gasteiger partial charge is 0.426 e. The highest BCUT2D eigenvalue weighted by Gasteiger charge is 2.56. The first kappa shape index (κ1) is 75.4. The second kappa shape index (κ2) is 45.6. The van der Waals surface area contributed by atoms with Crippen LogP contribution in [0.15, 0.2) is 0 Å². The number of cyclic esters (lactones) is 1. The summed E-state index contributed by atoms with van der Waals surface area (Å²) < 4.78 is 87.1. The number of aliphatic hydroxyl groups excluding tert-OH is 1. The molecule has 2 rings (SSSR count). The molecule has 2 N–H and O–H groups in total. The zero-order valence-electron chi connectivity index (χ0n) is 52.0. The highest BCUT2D eigenvalue weighted by molar-refractivity contribution is 8.37. The molecule has 0 aromatic heterocycles. The molecule has 0 saturated carbocycles. The number of unbranched alkanes of at least 4 members (excludes halogenated alkanes) is 38. The Morgan fingerprint density at radius 1 is 0.650 bits per heavy atom. The van der Waals surface area contributed by atoms with Gasteiger partial charge in [0.1, 0.15) is 18.3 Å². The maximum absolute atomic E-state index is 14.7. The van der Waals surface area contributed by atoms with Crippen molar-refractivity contribution in [3.63, 3.8) is 0 Å². The predicted molar refractivity (Wildman–Crippen MR) is 334 cm³/mol. The van der Waals surface area contributed by atoms with Crippen molar-refractivity contribution in [2.24, 2.45) is 11.3 Å². The number of thioether (sulfide) groups is 1. The zero-order valence-corrected chi connectivity index (χ0v) is 55.2. The molecule has 0 aliphatic carbocycles. The van der Waals surface area contributed by atoms with Gasteiger partial charge < -0.3 is 19.9 Å². The number of rotatable bonds is 53. The van der Waals surface area contributed by atoms with E-state index in [4.69, 9.17) is 26.2 Å². The van der Waals surface area contributed by atoms with Gasteiger partial charge in [-0.2, -0.15) is 16.8 Å². The first-order chi connectivity index (χ1) is 38.4. The number of hydrogen-bond acceptors (Lipinski definition) is 14. The van der Waals surface area contributed by atoms with Crippen molar-refractivity contribution in [3.05, 3.63) is 0 Å². The Hall–Kier alpha value is -0.700. The molecular weight excluding hydrogens is 1090 g/mol. The van der Waals surface area contributed by atoms with Gasteiger partial charge in [0.25, 0.3) is 20.2 Å². The van der Waals surface area contributed by atoms with Gasteiger partial charge in [-0.25, -0.2) is 4.79 Å². The van der Waals surface area contributed by atoms with Gasteiger partial charge in [-0.15, -0.1) is 11.8 Å². The molecule has 2 fully saturated rings. The van der Waals surface area contributed by atoms with Crippen molar-refractivity contribution in [1.82, 2.24) is 5.32 Å². The first-order valence-electron chi connectivity index (χ1n) is 32.6. The lowest BCUT2D eigenvalue weighted by atomic mass is 9.90. The van der Waals surface area contributed by atoms with E-state index >= 15 is 0 Å². The van der Waals surface area contributed by atoms with Crippen LogP contribution in [0.3, 0.4) is 0 Å². The van der Waals surface area contributed by atoms with E-state index in [0.717, 1.165) is 56.8 Å². The van der Waals surface area contributed by atoms with Crippen LogP contribution in [0.4, 0.5) is 4.79 Å². The third-order valence-corrected chi connectivity index (χ3v) is 21.2. The topological polar surface area (TPSA) is 190 Å². The van der Waals surface area contributed by atoms with Gasteiger partial charge in [0.15, 0.2) is 5.44 Å². The first-order valence-corrected chi connectivity index (χ1v) is 38.9. The summed E-state index contributed by atoms with van der Waals surface area (Å²) in [7, 11) is -11.8. The van der Waals surface area contributed by atoms with Crippen LogP contribution in [-0.4, -0.2) is 113 Å². The van der Waals surface area contributed by atoms with E-state index in [1.807, 2.05) is 6.92 Å². The van der Waals surface area contributed by atoms with Crippen LogP contribution in [0.1, 0.15) is 291 Å². The lowest BCUT2D eigenvalue weighted by Gasteiger charge is -2.52. The minimum atomic E-state index is -4.19. The second-order valence-electron chi connectivity index (χ2n) is 24.3. The molecule has 2 saturated heterocycles. The summed E-state index contributed by atoms with van der Waals surface area (Å²) in [6, 6.07) is -1.21. The van der Waals surface area contributed by atoms with Crippen molar-refractivity contribution in [1.29, 1.82) is 0 Å². The molecule has 2 aliphatic heterocycles. The predicted octanol–water partition coefficient (Wildman–Crippen LogP) is 16.7.